The molecule has 0 saturated heterocycles. The molecule has 28 heavy (non-hydrogen) atoms. The molecule has 146 valence electrons. The predicted octanol–water partition coefficient (Wildman–Crippen LogP) is 5.14. The minimum atomic E-state index is -0.308. The Morgan fingerprint density at radius 3 is 2.75 bits per heavy atom. The summed E-state index contributed by atoms with van der Waals surface area (Å²) in [6.07, 6.45) is 3.59. The van der Waals surface area contributed by atoms with E-state index in [4.69, 9.17) is 23.2 Å². The molecule has 1 atom stereocenters. The number of halogens is 2. The molecule has 0 spiro atoms. The smallest absolute Gasteiger partial charge is 0.273 e. The average Bonchev–Trinajstić information content (AvgIpc) is 3.19. The fourth-order valence-electron chi connectivity index (χ4n) is 3.75. The van der Waals surface area contributed by atoms with Crippen LogP contribution in [-0.4, -0.2) is 20.1 Å². The van der Waals surface area contributed by atoms with Crippen molar-refractivity contribution in [2.24, 2.45) is 5.41 Å². The Balaban J connectivity index is 1.62. The molecule has 3 aromatic rings. The van der Waals surface area contributed by atoms with Crippen LogP contribution < -0.4 is 5.32 Å². The van der Waals surface area contributed by atoms with E-state index in [-0.39, 0.29) is 28.1 Å². The minimum Gasteiger partial charge on any atom is -0.344 e. The normalized spacial score (nSPS) is 17.9. The Morgan fingerprint density at radius 1 is 1.32 bits per heavy atom. The lowest BCUT2D eigenvalue weighted by Gasteiger charge is -2.36. The molecule has 5 nitrogen and oxygen atoms in total. The van der Waals surface area contributed by atoms with Gasteiger partial charge in [0.15, 0.2) is 5.69 Å². The van der Waals surface area contributed by atoms with Crippen LogP contribution >= 0.6 is 34.7 Å². The molecule has 1 aromatic carbocycles. The lowest BCUT2D eigenvalue weighted by atomic mass is 9.74. The first-order valence-electron chi connectivity index (χ1n) is 9.04. The van der Waals surface area contributed by atoms with Gasteiger partial charge in [-0.3, -0.25) is 9.48 Å². The van der Waals surface area contributed by atoms with Crippen molar-refractivity contribution in [2.45, 2.75) is 39.3 Å². The van der Waals surface area contributed by atoms with Crippen LogP contribution in [0.1, 0.15) is 53.6 Å². The zero-order valence-corrected chi connectivity index (χ0v) is 17.9. The second-order valence-electron chi connectivity index (χ2n) is 7.88. The van der Waals surface area contributed by atoms with Gasteiger partial charge < -0.3 is 5.32 Å². The van der Waals surface area contributed by atoms with Crippen LogP contribution in [0, 0.1) is 5.41 Å². The zero-order valence-electron chi connectivity index (χ0n) is 15.6. The van der Waals surface area contributed by atoms with Crippen molar-refractivity contribution < 1.29 is 4.79 Å². The summed E-state index contributed by atoms with van der Waals surface area (Å²) in [5.74, 6) is -0.308. The molecule has 8 heteroatoms. The monoisotopic (exact) mass is 434 g/mol. The minimum absolute atomic E-state index is 0.0307. The Labute approximate surface area is 177 Å². The maximum Gasteiger partial charge on any atom is 0.273 e. The first-order valence-corrected chi connectivity index (χ1v) is 10.6. The third-order valence-electron chi connectivity index (χ3n) is 5.05. The summed E-state index contributed by atoms with van der Waals surface area (Å²) in [5.41, 5.74) is 3.62. The summed E-state index contributed by atoms with van der Waals surface area (Å²) in [7, 11) is 0. The Morgan fingerprint density at radius 2 is 2.07 bits per heavy atom. The SMILES string of the molecule is CC1(C)Cc2c(cnn2Cc2ccccc2)[C@H](NC(=O)c2nsc(Cl)c2Cl)C1. The molecule has 0 bridgehead atoms. The highest BCUT2D eigenvalue weighted by Crippen LogP contribution is 2.41. The van der Waals surface area contributed by atoms with Crippen LogP contribution in [0.3, 0.4) is 0 Å². The molecule has 4 rings (SSSR count). The summed E-state index contributed by atoms with van der Waals surface area (Å²) in [4.78, 5) is 12.7. The van der Waals surface area contributed by atoms with Crippen molar-refractivity contribution in [3.05, 3.63) is 68.4 Å². The van der Waals surface area contributed by atoms with E-state index in [1.165, 1.54) is 5.56 Å². The Kier molecular flexibility index (Phi) is 5.21. The van der Waals surface area contributed by atoms with Gasteiger partial charge in [-0.05, 0) is 35.4 Å². The standard InChI is InChI=1S/C20H20Cl2N4OS/c1-20(2)8-14(24-19(27)17-16(21)18(22)28-25-17)13-10-23-26(15(13)9-20)11-12-6-4-3-5-7-12/h3-7,10,14H,8-9,11H2,1-2H3,(H,24,27)/t14-/m1/s1. The molecule has 2 heterocycles. The number of aromatic nitrogens is 3. The van der Waals surface area contributed by atoms with Crippen LogP contribution in [0.25, 0.3) is 0 Å². The number of benzene rings is 1. The van der Waals surface area contributed by atoms with Crippen molar-refractivity contribution in [3.63, 3.8) is 0 Å². The van der Waals surface area contributed by atoms with Gasteiger partial charge in [0, 0.05) is 11.3 Å². The molecular weight excluding hydrogens is 415 g/mol. The second kappa shape index (κ2) is 7.50. The maximum absolute atomic E-state index is 12.7. The molecule has 1 N–H and O–H groups in total. The Hall–Kier alpha value is -1.89. The van der Waals surface area contributed by atoms with Crippen molar-refractivity contribution in [1.29, 1.82) is 0 Å². The van der Waals surface area contributed by atoms with Gasteiger partial charge in [0.25, 0.3) is 5.91 Å². The van der Waals surface area contributed by atoms with E-state index in [2.05, 4.69) is 40.8 Å². The summed E-state index contributed by atoms with van der Waals surface area (Å²) in [6.45, 7) is 5.13. The van der Waals surface area contributed by atoms with E-state index in [9.17, 15) is 4.79 Å². The molecule has 0 aliphatic heterocycles. The molecule has 0 radical (unpaired) electrons. The lowest BCUT2D eigenvalue weighted by molar-refractivity contribution is 0.0915. The predicted molar refractivity (Wildman–Crippen MR) is 112 cm³/mol. The van der Waals surface area contributed by atoms with Gasteiger partial charge in [-0.2, -0.15) is 9.47 Å². The van der Waals surface area contributed by atoms with Gasteiger partial charge in [0.1, 0.15) is 9.36 Å². The largest absolute Gasteiger partial charge is 0.344 e. The molecule has 2 aromatic heterocycles. The molecule has 0 saturated carbocycles. The van der Waals surface area contributed by atoms with Gasteiger partial charge in [0.05, 0.1) is 18.8 Å². The number of hydrogen-bond donors (Lipinski definition) is 1. The number of hydrogen-bond acceptors (Lipinski definition) is 4. The highest BCUT2D eigenvalue weighted by molar-refractivity contribution is 7.11. The van der Waals surface area contributed by atoms with Gasteiger partial charge >= 0.3 is 0 Å². The van der Waals surface area contributed by atoms with Crippen molar-refractivity contribution >= 4 is 40.6 Å². The van der Waals surface area contributed by atoms with Crippen LogP contribution in [0.5, 0.6) is 0 Å². The number of nitrogens with zero attached hydrogens (tertiary/aromatic N) is 3. The van der Waals surface area contributed by atoms with Gasteiger partial charge in [-0.25, -0.2) is 0 Å². The summed E-state index contributed by atoms with van der Waals surface area (Å²) < 4.78 is 6.44. The average molecular weight is 435 g/mol. The summed E-state index contributed by atoms with van der Waals surface area (Å²) >= 11 is 13.1. The number of carbonyl (C=O) groups excluding carboxylic acids is 1. The number of carbonyl (C=O) groups is 1. The van der Waals surface area contributed by atoms with E-state index in [1.807, 2.05) is 29.1 Å². The van der Waals surface area contributed by atoms with E-state index >= 15 is 0 Å². The summed E-state index contributed by atoms with van der Waals surface area (Å²) in [6, 6.07) is 10.1. The van der Waals surface area contributed by atoms with Crippen LogP contribution in [-0.2, 0) is 13.0 Å². The number of rotatable bonds is 4. The topological polar surface area (TPSA) is 59.8 Å². The molecule has 1 aliphatic carbocycles. The fraction of sp³-hybridized carbons (Fsp3) is 0.350. The lowest BCUT2D eigenvalue weighted by Crippen LogP contribution is -2.37. The quantitative estimate of drug-likeness (QED) is 0.618. The first kappa shape index (κ1) is 19.4. The second-order valence-corrected chi connectivity index (χ2v) is 9.63. The molecule has 0 fully saturated rings. The Bertz CT molecular complexity index is 1010. The highest BCUT2D eigenvalue weighted by Gasteiger charge is 2.36. The van der Waals surface area contributed by atoms with Crippen molar-refractivity contribution in [1.82, 2.24) is 19.5 Å². The summed E-state index contributed by atoms with van der Waals surface area (Å²) in [5, 5.41) is 7.91. The van der Waals surface area contributed by atoms with Crippen LogP contribution in [0.4, 0.5) is 0 Å². The third kappa shape index (κ3) is 3.81. The number of nitrogens with one attached hydrogen (secondary N) is 1. The van der Waals surface area contributed by atoms with Crippen LogP contribution in [0.2, 0.25) is 9.36 Å². The highest BCUT2D eigenvalue weighted by atomic mass is 35.5. The number of fused-ring (bicyclic) bond motifs is 1. The van der Waals surface area contributed by atoms with Gasteiger partial charge in [0.2, 0.25) is 0 Å². The van der Waals surface area contributed by atoms with Crippen molar-refractivity contribution in [2.75, 3.05) is 0 Å². The van der Waals surface area contributed by atoms with E-state index in [0.29, 0.717) is 10.9 Å². The zero-order chi connectivity index (χ0) is 19.9. The van der Waals surface area contributed by atoms with E-state index in [0.717, 1.165) is 35.6 Å². The van der Waals surface area contributed by atoms with Crippen molar-refractivity contribution in [3.8, 4) is 0 Å². The van der Waals surface area contributed by atoms with Crippen LogP contribution in [0.15, 0.2) is 36.5 Å². The molecular formula is C20H20Cl2N4OS. The van der Waals surface area contributed by atoms with Gasteiger partial charge in [-0.15, -0.1) is 0 Å². The van der Waals surface area contributed by atoms with E-state index in [1.54, 1.807) is 0 Å². The van der Waals surface area contributed by atoms with Gasteiger partial charge in [-0.1, -0.05) is 67.4 Å². The molecule has 1 amide bonds. The molecule has 0 unspecified atom stereocenters. The third-order valence-corrected chi connectivity index (χ3v) is 6.66. The number of amides is 1. The molecule has 1 aliphatic rings. The maximum atomic E-state index is 12.7. The first-order chi connectivity index (χ1) is 13.3. The fourth-order valence-corrected chi connectivity index (χ4v) is 4.74. The van der Waals surface area contributed by atoms with E-state index < -0.39 is 0 Å².